The van der Waals surface area contributed by atoms with E-state index >= 15 is 0 Å². The van der Waals surface area contributed by atoms with Gasteiger partial charge in [-0.25, -0.2) is 18.7 Å². The number of aromatic nitrogens is 5. The minimum Gasteiger partial charge on any atom is -0.365 e. The average Bonchev–Trinajstić information content (AvgIpc) is 3.39. The number of carbonyl (C=O) groups excluding carboxylic acids is 1. The van der Waals surface area contributed by atoms with Crippen molar-refractivity contribution in [2.24, 2.45) is 7.05 Å². The number of rotatable bonds is 5. The number of nitrogens with one attached hydrogen (secondary N) is 3. The van der Waals surface area contributed by atoms with E-state index in [1.165, 1.54) is 6.07 Å². The summed E-state index contributed by atoms with van der Waals surface area (Å²) in [7, 11) is 1.79. The molecule has 3 aromatic heterocycles. The fraction of sp³-hybridized carbons (Fsp3) is 0.333. The van der Waals surface area contributed by atoms with Gasteiger partial charge in [-0.15, -0.1) is 0 Å². The summed E-state index contributed by atoms with van der Waals surface area (Å²) in [5.41, 5.74) is 2.07. The lowest BCUT2D eigenvalue weighted by atomic mass is 9.91. The van der Waals surface area contributed by atoms with Crippen LogP contribution in [-0.4, -0.2) is 42.7 Å². The van der Waals surface area contributed by atoms with E-state index in [0.29, 0.717) is 23.1 Å². The Bertz CT molecular complexity index is 1400. The van der Waals surface area contributed by atoms with E-state index in [1.807, 2.05) is 6.92 Å². The maximum Gasteiger partial charge on any atom is 0.272 e. The lowest BCUT2D eigenvalue weighted by Crippen LogP contribution is -2.42. The first-order chi connectivity index (χ1) is 16.8. The van der Waals surface area contributed by atoms with Crippen LogP contribution in [0.1, 0.15) is 41.9 Å². The van der Waals surface area contributed by atoms with E-state index in [1.54, 1.807) is 30.1 Å². The Hall–Kier alpha value is -3.53. The summed E-state index contributed by atoms with van der Waals surface area (Å²) in [5, 5.41) is 11.2. The zero-order valence-corrected chi connectivity index (χ0v) is 20.0. The molecule has 182 valence electrons. The summed E-state index contributed by atoms with van der Waals surface area (Å²) in [4.78, 5) is 24.0. The standard InChI is InChI=1S/C24H24ClF2N7O/c1-12-6-20(33-34(12)2)24(35)31-15-5-3-4-14(9-15)30-23-19(27)11-29-22(32-23)17-10-28-21-16(17)7-13(25)8-18(21)26/h6-8,10-11,14-15,28H,3-5,9H2,1-2H3,(H,31,35)(H,29,30,32)/t14-,15+/m0/s1. The van der Waals surface area contributed by atoms with Gasteiger partial charge in [0.15, 0.2) is 17.5 Å². The van der Waals surface area contributed by atoms with Crippen molar-refractivity contribution in [2.45, 2.75) is 44.7 Å². The van der Waals surface area contributed by atoms with E-state index in [2.05, 4.69) is 30.7 Å². The Morgan fingerprint density at radius 2 is 2.00 bits per heavy atom. The molecule has 1 saturated carbocycles. The molecule has 0 saturated heterocycles. The third kappa shape index (κ3) is 4.70. The topological polar surface area (TPSA) is 101 Å². The van der Waals surface area contributed by atoms with Crippen LogP contribution in [0.2, 0.25) is 5.02 Å². The van der Waals surface area contributed by atoms with Crippen LogP contribution in [0.25, 0.3) is 22.3 Å². The van der Waals surface area contributed by atoms with Crippen LogP contribution in [0.4, 0.5) is 14.6 Å². The van der Waals surface area contributed by atoms with Gasteiger partial charge in [0.2, 0.25) is 0 Å². The minimum absolute atomic E-state index is 0.0594. The number of halogens is 3. The van der Waals surface area contributed by atoms with Gasteiger partial charge in [-0.3, -0.25) is 9.48 Å². The number of anilines is 1. The van der Waals surface area contributed by atoms with E-state index in [-0.39, 0.29) is 40.2 Å². The van der Waals surface area contributed by atoms with Gasteiger partial charge >= 0.3 is 0 Å². The molecule has 0 spiro atoms. The van der Waals surface area contributed by atoms with Gasteiger partial charge in [0.25, 0.3) is 5.91 Å². The number of carbonyl (C=O) groups is 1. The molecule has 0 radical (unpaired) electrons. The molecule has 11 heteroatoms. The summed E-state index contributed by atoms with van der Waals surface area (Å²) in [5.74, 6) is -0.999. The molecule has 0 unspecified atom stereocenters. The lowest BCUT2D eigenvalue weighted by Gasteiger charge is -2.30. The van der Waals surface area contributed by atoms with Crippen molar-refractivity contribution in [1.29, 1.82) is 0 Å². The first-order valence-corrected chi connectivity index (χ1v) is 11.7. The zero-order valence-electron chi connectivity index (χ0n) is 19.2. The quantitative estimate of drug-likeness (QED) is 0.368. The number of hydrogen-bond acceptors (Lipinski definition) is 5. The summed E-state index contributed by atoms with van der Waals surface area (Å²) in [6.45, 7) is 1.89. The normalized spacial score (nSPS) is 18.1. The molecule has 2 atom stereocenters. The van der Waals surface area contributed by atoms with Gasteiger partial charge < -0.3 is 15.6 Å². The van der Waals surface area contributed by atoms with Crippen LogP contribution in [-0.2, 0) is 7.05 Å². The largest absolute Gasteiger partial charge is 0.365 e. The van der Waals surface area contributed by atoms with Crippen molar-refractivity contribution < 1.29 is 13.6 Å². The molecule has 8 nitrogen and oxygen atoms in total. The summed E-state index contributed by atoms with van der Waals surface area (Å²) >= 11 is 6.02. The van der Waals surface area contributed by atoms with Crippen molar-refractivity contribution in [3.8, 4) is 11.4 Å². The molecule has 5 rings (SSSR count). The maximum atomic E-state index is 14.6. The van der Waals surface area contributed by atoms with Crippen molar-refractivity contribution in [3.05, 3.63) is 58.6 Å². The van der Waals surface area contributed by atoms with E-state index in [4.69, 9.17) is 11.6 Å². The van der Waals surface area contributed by atoms with Gasteiger partial charge in [-0.05, 0) is 50.8 Å². The van der Waals surface area contributed by atoms with E-state index < -0.39 is 11.6 Å². The van der Waals surface area contributed by atoms with Crippen LogP contribution < -0.4 is 10.6 Å². The van der Waals surface area contributed by atoms with Gasteiger partial charge in [0, 0.05) is 47.0 Å². The Labute approximate surface area is 205 Å². The molecule has 1 fully saturated rings. The number of benzene rings is 1. The predicted molar refractivity (Wildman–Crippen MR) is 129 cm³/mol. The maximum absolute atomic E-state index is 14.6. The van der Waals surface area contributed by atoms with Crippen molar-refractivity contribution in [3.63, 3.8) is 0 Å². The Morgan fingerprint density at radius 3 is 2.77 bits per heavy atom. The third-order valence-electron chi connectivity index (χ3n) is 6.39. The van der Waals surface area contributed by atoms with Crippen LogP contribution in [0.3, 0.4) is 0 Å². The molecule has 3 heterocycles. The second-order valence-electron chi connectivity index (χ2n) is 8.88. The molecule has 0 bridgehead atoms. The van der Waals surface area contributed by atoms with E-state index in [0.717, 1.165) is 31.2 Å². The predicted octanol–water partition coefficient (Wildman–Crippen LogP) is 4.75. The Kier molecular flexibility index (Phi) is 6.14. The Balaban J connectivity index is 1.32. The number of hydrogen-bond donors (Lipinski definition) is 3. The third-order valence-corrected chi connectivity index (χ3v) is 6.61. The first-order valence-electron chi connectivity index (χ1n) is 11.4. The zero-order chi connectivity index (χ0) is 24.7. The molecule has 1 aliphatic rings. The molecule has 35 heavy (non-hydrogen) atoms. The number of fused-ring (bicyclic) bond motifs is 1. The van der Waals surface area contributed by atoms with Crippen molar-refractivity contribution >= 4 is 34.2 Å². The highest BCUT2D eigenvalue weighted by Crippen LogP contribution is 2.32. The fourth-order valence-electron chi connectivity index (χ4n) is 4.51. The monoisotopic (exact) mass is 499 g/mol. The molecule has 3 N–H and O–H groups in total. The SMILES string of the molecule is Cc1cc(C(=O)N[C@@H]2CCC[C@H](Nc3nc(-c4c[nH]c5c(F)cc(Cl)cc45)ncc3F)C2)nn1C. The average molecular weight is 500 g/mol. The summed E-state index contributed by atoms with van der Waals surface area (Å²) in [6.07, 6.45) is 5.78. The highest BCUT2D eigenvalue weighted by atomic mass is 35.5. The van der Waals surface area contributed by atoms with Crippen molar-refractivity contribution in [2.75, 3.05) is 5.32 Å². The number of H-pyrrole nitrogens is 1. The molecular formula is C24H24ClF2N7O. The van der Waals surface area contributed by atoms with Gasteiger partial charge in [-0.1, -0.05) is 11.6 Å². The van der Waals surface area contributed by atoms with Crippen LogP contribution in [0.15, 0.2) is 30.6 Å². The molecule has 1 aliphatic carbocycles. The van der Waals surface area contributed by atoms with Crippen LogP contribution >= 0.6 is 11.6 Å². The minimum atomic E-state index is -0.590. The highest BCUT2D eigenvalue weighted by molar-refractivity contribution is 6.31. The molecule has 1 amide bonds. The molecule has 4 aromatic rings. The van der Waals surface area contributed by atoms with Gasteiger partial charge in [0.05, 0.1) is 11.7 Å². The first kappa shape index (κ1) is 23.2. The van der Waals surface area contributed by atoms with Gasteiger partial charge in [-0.2, -0.15) is 5.10 Å². The lowest BCUT2D eigenvalue weighted by molar-refractivity contribution is 0.0920. The number of aryl methyl sites for hydroxylation is 2. The van der Waals surface area contributed by atoms with E-state index in [9.17, 15) is 13.6 Å². The molecule has 1 aromatic carbocycles. The second kappa shape index (κ2) is 9.26. The van der Waals surface area contributed by atoms with Crippen LogP contribution in [0, 0.1) is 18.6 Å². The van der Waals surface area contributed by atoms with Crippen LogP contribution in [0.5, 0.6) is 0 Å². The van der Waals surface area contributed by atoms with Gasteiger partial charge in [0.1, 0.15) is 11.5 Å². The highest BCUT2D eigenvalue weighted by Gasteiger charge is 2.26. The second-order valence-corrected chi connectivity index (χ2v) is 9.31. The Morgan fingerprint density at radius 1 is 1.20 bits per heavy atom. The number of aromatic amines is 1. The molecule has 0 aliphatic heterocycles. The summed E-state index contributed by atoms with van der Waals surface area (Å²) in [6, 6.07) is 4.42. The smallest absolute Gasteiger partial charge is 0.272 e. The summed E-state index contributed by atoms with van der Waals surface area (Å²) < 4.78 is 30.5. The van der Waals surface area contributed by atoms with Crippen molar-refractivity contribution in [1.82, 2.24) is 30.0 Å². The number of nitrogens with zero attached hydrogens (tertiary/aromatic N) is 4. The number of amides is 1. The fourth-order valence-corrected chi connectivity index (χ4v) is 4.72. The molecular weight excluding hydrogens is 476 g/mol.